The highest BCUT2D eigenvalue weighted by molar-refractivity contribution is 5.72. The number of hydrogen-bond donors (Lipinski definition) is 2. The smallest absolute Gasteiger partial charge is 0.410 e. The van der Waals surface area contributed by atoms with Crippen LogP contribution in [0.1, 0.15) is 46.5 Å². The van der Waals surface area contributed by atoms with E-state index in [1.807, 2.05) is 0 Å². The number of likely N-dealkylation sites (tertiary alicyclic amines) is 1. The number of carbonyl (C=O) groups is 2. The maximum Gasteiger partial charge on any atom is 0.410 e. The van der Waals surface area contributed by atoms with Gasteiger partial charge in [-0.25, -0.2) is 4.79 Å². The van der Waals surface area contributed by atoms with Gasteiger partial charge in [0, 0.05) is 6.54 Å². The molecule has 120 valence electrons. The van der Waals surface area contributed by atoms with Gasteiger partial charge >= 0.3 is 12.1 Å². The topological polar surface area (TPSA) is 87.1 Å². The number of aliphatic hydroxyl groups is 1. The van der Waals surface area contributed by atoms with Crippen LogP contribution in [0, 0.1) is 11.8 Å². The average Bonchev–Trinajstić information content (AvgIpc) is 2.36. The van der Waals surface area contributed by atoms with Crippen molar-refractivity contribution >= 4 is 12.1 Å². The number of rotatable bonds is 1. The number of piperidine rings is 1. The molecular weight excluding hydrogens is 274 g/mol. The zero-order valence-corrected chi connectivity index (χ0v) is 12.9. The monoisotopic (exact) mass is 299 g/mol. The number of ether oxygens (including phenoxy) is 1. The molecule has 2 N–H and O–H groups in total. The predicted molar refractivity (Wildman–Crippen MR) is 75.8 cm³/mol. The molecule has 0 aromatic carbocycles. The lowest BCUT2D eigenvalue weighted by molar-refractivity contribution is -0.153. The van der Waals surface area contributed by atoms with Crippen molar-refractivity contribution in [1.82, 2.24) is 4.90 Å². The Morgan fingerprint density at radius 2 is 1.86 bits per heavy atom. The van der Waals surface area contributed by atoms with Crippen LogP contribution in [0.4, 0.5) is 4.79 Å². The van der Waals surface area contributed by atoms with E-state index in [0.717, 1.165) is 19.3 Å². The average molecular weight is 299 g/mol. The molecule has 0 aromatic heterocycles. The summed E-state index contributed by atoms with van der Waals surface area (Å²) in [6.07, 6.45) is 1.52. The van der Waals surface area contributed by atoms with Crippen LogP contribution in [0.2, 0.25) is 0 Å². The van der Waals surface area contributed by atoms with Gasteiger partial charge in [0.2, 0.25) is 0 Å². The van der Waals surface area contributed by atoms with Crippen LogP contribution >= 0.6 is 0 Å². The van der Waals surface area contributed by atoms with E-state index in [0.29, 0.717) is 13.0 Å². The minimum Gasteiger partial charge on any atom is -0.481 e. The van der Waals surface area contributed by atoms with Crippen LogP contribution in [0.25, 0.3) is 0 Å². The first-order valence-electron chi connectivity index (χ1n) is 7.61. The van der Waals surface area contributed by atoms with Crippen molar-refractivity contribution in [1.29, 1.82) is 0 Å². The fourth-order valence-electron chi connectivity index (χ4n) is 3.48. The van der Waals surface area contributed by atoms with Gasteiger partial charge in [-0.15, -0.1) is 0 Å². The predicted octanol–water partition coefficient (Wildman–Crippen LogP) is 1.86. The Morgan fingerprint density at radius 3 is 2.43 bits per heavy atom. The number of fused-ring (bicyclic) bond motifs is 1. The van der Waals surface area contributed by atoms with Crippen LogP contribution in [0.15, 0.2) is 0 Å². The van der Waals surface area contributed by atoms with Gasteiger partial charge in [0.25, 0.3) is 0 Å². The minimum absolute atomic E-state index is 0.164. The lowest BCUT2D eigenvalue weighted by atomic mass is 9.72. The molecule has 0 radical (unpaired) electrons. The van der Waals surface area contributed by atoms with Crippen LogP contribution in [0.3, 0.4) is 0 Å². The van der Waals surface area contributed by atoms with Crippen LogP contribution in [0.5, 0.6) is 0 Å². The Bertz CT molecular complexity index is 417. The molecule has 0 aromatic rings. The van der Waals surface area contributed by atoms with E-state index < -0.39 is 35.7 Å². The third-order valence-corrected chi connectivity index (χ3v) is 4.37. The summed E-state index contributed by atoms with van der Waals surface area (Å²) in [6, 6.07) is -0.441. The Hall–Kier alpha value is -1.30. The standard InChI is InChI=1S/C15H25NO5/c1-15(2,3)21-14(20)16-8-4-5-9-6-7-10(13(18)19)12(17)11(9)16/h9-12,17H,4-8H2,1-3H3,(H,18,19). The van der Waals surface area contributed by atoms with Crippen molar-refractivity contribution in [2.24, 2.45) is 11.8 Å². The molecule has 1 aliphatic heterocycles. The molecule has 2 aliphatic rings. The van der Waals surface area contributed by atoms with Gasteiger partial charge in [0.05, 0.1) is 18.1 Å². The normalized spacial score (nSPS) is 33.2. The molecule has 1 amide bonds. The van der Waals surface area contributed by atoms with Crippen molar-refractivity contribution in [3.8, 4) is 0 Å². The second-order valence-electron chi connectivity index (χ2n) is 7.08. The van der Waals surface area contributed by atoms with E-state index in [4.69, 9.17) is 4.74 Å². The number of carbonyl (C=O) groups excluding carboxylic acids is 1. The number of nitrogens with zero attached hydrogens (tertiary/aromatic N) is 1. The van der Waals surface area contributed by atoms with Crippen molar-refractivity contribution in [3.05, 3.63) is 0 Å². The van der Waals surface area contributed by atoms with Gasteiger partial charge in [-0.2, -0.15) is 0 Å². The van der Waals surface area contributed by atoms with Gasteiger partial charge < -0.3 is 19.8 Å². The second kappa shape index (κ2) is 5.83. The fraction of sp³-hybridized carbons (Fsp3) is 0.867. The third kappa shape index (κ3) is 3.48. The number of aliphatic carboxylic acids is 1. The lowest BCUT2D eigenvalue weighted by Gasteiger charge is -2.48. The quantitative estimate of drug-likeness (QED) is 0.771. The number of hydrogen-bond acceptors (Lipinski definition) is 4. The maximum absolute atomic E-state index is 12.3. The van der Waals surface area contributed by atoms with Crippen LogP contribution < -0.4 is 0 Å². The van der Waals surface area contributed by atoms with E-state index in [1.165, 1.54) is 0 Å². The highest BCUT2D eigenvalue weighted by atomic mass is 16.6. The van der Waals surface area contributed by atoms with Crippen LogP contribution in [-0.4, -0.2) is 51.5 Å². The number of amides is 1. The number of carboxylic acids is 1. The molecule has 4 atom stereocenters. The summed E-state index contributed by atoms with van der Waals surface area (Å²) >= 11 is 0. The van der Waals surface area contributed by atoms with Crippen LogP contribution in [-0.2, 0) is 9.53 Å². The third-order valence-electron chi connectivity index (χ3n) is 4.37. The molecule has 1 heterocycles. The fourth-order valence-corrected chi connectivity index (χ4v) is 3.48. The Balaban J connectivity index is 2.17. The molecule has 0 bridgehead atoms. The summed E-state index contributed by atoms with van der Waals surface area (Å²) in [5.74, 6) is -1.62. The molecular formula is C15H25NO5. The van der Waals surface area contributed by atoms with E-state index in [9.17, 15) is 19.8 Å². The first-order chi connectivity index (χ1) is 9.70. The molecule has 2 rings (SSSR count). The summed E-state index contributed by atoms with van der Waals surface area (Å²) in [6.45, 7) is 5.90. The van der Waals surface area contributed by atoms with E-state index in [1.54, 1.807) is 25.7 Å². The highest BCUT2D eigenvalue weighted by Crippen LogP contribution is 2.39. The molecule has 1 saturated carbocycles. The minimum atomic E-state index is -1.02. The van der Waals surface area contributed by atoms with Gasteiger partial charge in [-0.3, -0.25) is 4.79 Å². The summed E-state index contributed by atoms with van der Waals surface area (Å²) in [4.78, 5) is 25.1. The van der Waals surface area contributed by atoms with Gasteiger partial charge in [0.1, 0.15) is 5.60 Å². The molecule has 6 heteroatoms. The number of carboxylic acid groups (broad SMARTS) is 1. The molecule has 4 unspecified atom stereocenters. The SMILES string of the molecule is CC(C)(C)OC(=O)N1CCCC2CCC(C(=O)O)C(O)C21. The Morgan fingerprint density at radius 1 is 1.19 bits per heavy atom. The molecule has 21 heavy (non-hydrogen) atoms. The largest absolute Gasteiger partial charge is 0.481 e. The molecule has 0 spiro atoms. The maximum atomic E-state index is 12.3. The molecule has 6 nitrogen and oxygen atoms in total. The van der Waals surface area contributed by atoms with Crippen molar-refractivity contribution < 1.29 is 24.5 Å². The van der Waals surface area contributed by atoms with Crippen molar-refractivity contribution in [2.45, 2.75) is 64.2 Å². The first-order valence-corrected chi connectivity index (χ1v) is 7.61. The van der Waals surface area contributed by atoms with Gasteiger partial charge in [0.15, 0.2) is 0 Å². The summed E-state index contributed by atoms with van der Waals surface area (Å²) in [7, 11) is 0. The zero-order chi connectivity index (χ0) is 15.8. The first kappa shape index (κ1) is 16.1. The summed E-state index contributed by atoms with van der Waals surface area (Å²) in [5.41, 5.74) is -0.601. The molecule has 2 fully saturated rings. The number of aliphatic hydroxyl groups excluding tert-OH is 1. The van der Waals surface area contributed by atoms with E-state index in [-0.39, 0.29) is 5.92 Å². The zero-order valence-electron chi connectivity index (χ0n) is 12.9. The second-order valence-corrected chi connectivity index (χ2v) is 7.08. The van der Waals surface area contributed by atoms with E-state index in [2.05, 4.69) is 0 Å². The highest BCUT2D eigenvalue weighted by Gasteiger charge is 2.48. The Kier molecular flexibility index (Phi) is 4.46. The van der Waals surface area contributed by atoms with Crippen molar-refractivity contribution in [2.75, 3.05) is 6.54 Å². The van der Waals surface area contributed by atoms with Gasteiger partial charge in [-0.1, -0.05) is 0 Å². The summed E-state index contributed by atoms with van der Waals surface area (Å²) in [5, 5.41) is 19.6. The van der Waals surface area contributed by atoms with E-state index >= 15 is 0 Å². The van der Waals surface area contributed by atoms with Gasteiger partial charge in [-0.05, 0) is 52.4 Å². The lowest BCUT2D eigenvalue weighted by Crippen LogP contribution is -2.60. The Labute approximate surface area is 125 Å². The molecule has 1 saturated heterocycles. The molecule has 1 aliphatic carbocycles. The van der Waals surface area contributed by atoms with Crippen molar-refractivity contribution in [3.63, 3.8) is 0 Å². The summed E-state index contributed by atoms with van der Waals surface area (Å²) < 4.78 is 5.40.